The van der Waals surface area contributed by atoms with Gasteiger partial charge in [0, 0.05) is 12.4 Å². The first kappa shape index (κ1) is 14.4. The van der Waals surface area contributed by atoms with Crippen molar-refractivity contribution in [2.75, 3.05) is 0 Å². The van der Waals surface area contributed by atoms with Gasteiger partial charge >= 0.3 is 0 Å². The summed E-state index contributed by atoms with van der Waals surface area (Å²) in [6.45, 7) is 0.0289. The number of nitrogens with one attached hydrogen (secondary N) is 1. The first-order valence-corrected chi connectivity index (χ1v) is 8.03. The molecule has 0 unspecified atom stereocenters. The van der Waals surface area contributed by atoms with E-state index in [0.29, 0.717) is 17.1 Å². The fourth-order valence-corrected chi connectivity index (χ4v) is 2.97. The Bertz CT molecular complexity index is 847. The lowest BCUT2D eigenvalue weighted by Gasteiger charge is -2.08. The molecule has 2 aromatic heterocycles. The van der Waals surface area contributed by atoms with Crippen LogP contribution in [0.15, 0.2) is 70.4 Å². The Kier molecular flexibility index (Phi) is 3.99. The Balaban J connectivity index is 1.83. The van der Waals surface area contributed by atoms with Crippen molar-refractivity contribution in [3.63, 3.8) is 0 Å². The number of benzene rings is 1. The fraction of sp³-hybridized carbons (Fsp3) is 0.0667. The van der Waals surface area contributed by atoms with E-state index in [9.17, 15) is 8.42 Å². The molecule has 1 N–H and O–H groups in total. The van der Waals surface area contributed by atoms with Gasteiger partial charge in [-0.2, -0.15) is 0 Å². The van der Waals surface area contributed by atoms with Crippen LogP contribution in [0, 0.1) is 0 Å². The molecule has 0 fully saturated rings. The second-order valence-corrected chi connectivity index (χ2v) is 6.23. The van der Waals surface area contributed by atoms with Crippen LogP contribution in [0.4, 0.5) is 0 Å². The van der Waals surface area contributed by atoms with Gasteiger partial charge in [0.2, 0.25) is 10.0 Å². The Morgan fingerprint density at radius 2 is 1.77 bits per heavy atom. The maximum atomic E-state index is 12.2. The topological polar surface area (TPSA) is 85.1 Å². The fourth-order valence-electron chi connectivity index (χ4n) is 1.96. The van der Waals surface area contributed by atoms with Crippen LogP contribution in [-0.4, -0.2) is 18.4 Å². The third-order valence-corrected chi connectivity index (χ3v) is 4.43. The van der Waals surface area contributed by atoms with E-state index in [2.05, 4.69) is 14.7 Å². The Hall–Kier alpha value is -2.51. The lowest BCUT2D eigenvalue weighted by Crippen LogP contribution is -2.24. The van der Waals surface area contributed by atoms with Crippen molar-refractivity contribution in [2.45, 2.75) is 11.4 Å². The second-order valence-electron chi connectivity index (χ2n) is 4.47. The van der Waals surface area contributed by atoms with E-state index in [1.54, 1.807) is 30.3 Å². The molecule has 0 saturated heterocycles. The number of aromatic nitrogens is 2. The molecule has 0 radical (unpaired) electrons. The van der Waals surface area contributed by atoms with Crippen LogP contribution in [0.1, 0.15) is 5.69 Å². The number of furan rings is 1. The van der Waals surface area contributed by atoms with Crippen LogP contribution in [0.5, 0.6) is 0 Å². The van der Waals surface area contributed by atoms with E-state index in [4.69, 9.17) is 4.42 Å². The van der Waals surface area contributed by atoms with Gasteiger partial charge in [0.15, 0.2) is 5.76 Å². The molecule has 0 aliphatic carbocycles. The summed E-state index contributed by atoms with van der Waals surface area (Å²) >= 11 is 0. The van der Waals surface area contributed by atoms with E-state index < -0.39 is 10.0 Å². The maximum Gasteiger partial charge on any atom is 0.240 e. The molecule has 0 amide bonds. The van der Waals surface area contributed by atoms with Gasteiger partial charge in [-0.3, -0.25) is 4.98 Å². The first-order valence-electron chi connectivity index (χ1n) is 6.55. The summed E-state index contributed by atoms with van der Waals surface area (Å²) in [7, 11) is -3.59. The summed E-state index contributed by atoms with van der Waals surface area (Å²) < 4.78 is 32.3. The maximum absolute atomic E-state index is 12.2. The number of hydrogen-bond acceptors (Lipinski definition) is 5. The summed E-state index contributed by atoms with van der Waals surface area (Å²) in [6.07, 6.45) is 4.58. The van der Waals surface area contributed by atoms with Crippen LogP contribution in [0.3, 0.4) is 0 Å². The van der Waals surface area contributed by atoms with E-state index in [1.807, 2.05) is 0 Å². The summed E-state index contributed by atoms with van der Waals surface area (Å²) in [5.41, 5.74) is 1.01. The quantitative estimate of drug-likeness (QED) is 0.780. The third-order valence-electron chi connectivity index (χ3n) is 3.01. The molecule has 0 saturated carbocycles. The molecule has 1 aromatic carbocycles. The van der Waals surface area contributed by atoms with Crippen molar-refractivity contribution in [1.29, 1.82) is 0 Å². The summed E-state index contributed by atoms with van der Waals surface area (Å²) in [5, 5.41) is 0. The van der Waals surface area contributed by atoms with Gasteiger partial charge in [-0.25, -0.2) is 18.1 Å². The van der Waals surface area contributed by atoms with Crippen molar-refractivity contribution in [3.8, 4) is 11.5 Å². The number of hydrogen-bond donors (Lipinski definition) is 1. The molecule has 0 atom stereocenters. The predicted octanol–water partition coefficient (Wildman–Crippen LogP) is 2.22. The van der Waals surface area contributed by atoms with Gasteiger partial charge in [-0.05, 0) is 24.3 Å². The van der Waals surface area contributed by atoms with Crippen LogP contribution >= 0.6 is 0 Å². The van der Waals surface area contributed by atoms with Crippen LogP contribution < -0.4 is 4.72 Å². The van der Waals surface area contributed by atoms with Crippen molar-refractivity contribution in [1.82, 2.24) is 14.7 Å². The molecule has 0 aliphatic heterocycles. The molecule has 0 bridgehead atoms. The van der Waals surface area contributed by atoms with E-state index in [-0.39, 0.29) is 11.4 Å². The number of nitrogens with zero attached hydrogens (tertiary/aromatic N) is 2. The molecular formula is C15H13N3O3S. The highest BCUT2D eigenvalue weighted by Crippen LogP contribution is 2.20. The lowest BCUT2D eigenvalue weighted by atomic mass is 10.2. The average molecular weight is 315 g/mol. The SMILES string of the molecule is O=S(=O)(NCc1nccnc1-c1ccco1)c1ccccc1. The van der Waals surface area contributed by atoms with Crippen molar-refractivity contribution >= 4 is 10.0 Å². The monoisotopic (exact) mass is 315 g/mol. The molecule has 7 heteroatoms. The largest absolute Gasteiger partial charge is 0.463 e. The Labute approximate surface area is 127 Å². The second kappa shape index (κ2) is 6.08. The minimum atomic E-state index is -3.59. The van der Waals surface area contributed by atoms with Gasteiger partial charge in [0.1, 0.15) is 5.69 Å². The molecule has 3 rings (SSSR count). The van der Waals surface area contributed by atoms with Crippen molar-refractivity contribution in [3.05, 3.63) is 66.8 Å². The van der Waals surface area contributed by atoms with Gasteiger partial charge in [0.25, 0.3) is 0 Å². The molecule has 112 valence electrons. The Morgan fingerprint density at radius 1 is 1.00 bits per heavy atom. The third kappa shape index (κ3) is 3.05. The summed E-state index contributed by atoms with van der Waals surface area (Å²) in [4.78, 5) is 8.59. The zero-order valence-corrected chi connectivity index (χ0v) is 12.3. The highest BCUT2D eigenvalue weighted by atomic mass is 32.2. The van der Waals surface area contributed by atoms with E-state index >= 15 is 0 Å². The molecule has 3 aromatic rings. The molecule has 2 heterocycles. The summed E-state index contributed by atoms with van der Waals surface area (Å²) in [6, 6.07) is 11.7. The highest BCUT2D eigenvalue weighted by molar-refractivity contribution is 7.89. The molecule has 0 spiro atoms. The van der Waals surface area contributed by atoms with E-state index in [0.717, 1.165) is 0 Å². The Morgan fingerprint density at radius 3 is 2.50 bits per heavy atom. The van der Waals surface area contributed by atoms with E-state index in [1.165, 1.54) is 30.8 Å². The van der Waals surface area contributed by atoms with Crippen molar-refractivity contribution in [2.24, 2.45) is 0 Å². The molecular weight excluding hydrogens is 302 g/mol. The molecule has 22 heavy (non-hydrogen) atoms. The molecule has 6 nitrogen and oxygen atoms in total. The average Bonchev–Trinajstić information content (AvgIpc) is 3.08. The van der Waals surface area contributed by atoms with Gasteiger partial charge in [-0.1, -0.05) is 18.2 Å². The standard InChI is InChI=1S/C15H13N3O3S/c19-22(20,12-5-2-1-3-6-12)18-11-13-15(17-9-8-16-13)14-7-4-10-21-14/h1-10,18H,11H2. The minimum Gasteiger partial charge on any atom is -0.463 e. The minimum absolute atomic E-state index is 0.0289. The zero-order chi connectivity index (χ0) is 15.4. The zero-order valence-electron chi connectivity index (χ0n) is 11.5. The number of sulfonamides is 1. The number of rotatable bonds is 5. The smallest absolute Gasteiger partial charge is 0.240 e. The van der Waals surface area contributed by atoms with Crippen LogP contribution in [0.2, 0.25) is 0 Å². The van der Waals surface area contributed by atoms with Crippen LogP contribution in [-0.2, 0) is 16.6 Å². The van der Waals surface area contributed by atoms with Crippen molar-refractivity contribution < 1.29 is 12.8 Å². The molecule has 0 aliphatic rings. The van der Waals surface area contributed by atoms with Crippen LogP contribution in [0.25, 0.3) is 11.5 Å². The lowest BCUT2D eigenvalue weighted by molar-refractivity contribution is 0.573. The predicted molar refractivity (Wildman–Crippen MR) is 80.2 cm³/mol. The van der Waals surface area contributed by atoms with Gasteiger partial charge < -0.3 is 4.42 Å². The van der Waals surface area contributed by atoms with Gasteiger partial charge in [0.05, 0.1) is 23.4 Å². The first-order chi connectivity index (χ1) is 10.7. The normalized spacial score (nSPS) is 11.5. The van der Waals surface area contributed by atoms with Gasteiger partial charge in [-0.15, -0.1) is 0 Å². The summed E-state index contributed by atoms with van der Waals surface area (Å²) in [5.74, 6) is 0.544. The highest BCUT2D eigenvalue weighted by Gasteiger charge is 2.16.